The second-order valence-electron chi connectivity index (χ2n) is 3.79. The second-order valence-corrected chi connectivity index (χ2v) is 3.79. The Kier molecular flexibility index (Phi) is 40.3. The molecule has 0 aliphatic heterocycles. The fourth-order valence-electron chi connectivity index (χ4n) is 0.891. The third kappa shape index (κ3) is 43.0. The fraction of sp³-hybridized carbons (Fsp3) is 1.00. The van der Waals surface area contributed by atoms with E-state index >= 15 is 0 Å². The summed E-state index contributed by atoms with van der Waals surface area (Å²) in [6.07, 6.45) is 0. The van der Waals surface area contributed by atoms with Gasteiger partial charge < -0.3 is 49.6 Å². The van der Waals surface area contributed by atoms with E-state index in [-0.39, 0.29) is 39.6 Å². The predicted octanol–water partition coefficient (Wildman–Crippen LogP) is -3.02. The molecule has 0 spiro atoms. The first kappa shape index (κ1) is 28.4. The zero-order valence-corrected chi connectivity index (χ0v) is 14.2. The Morgan fingerprint density at radius 1 is 0.292 bits per heavy atom. The first-order chi connectivity index (χ1) is 11.7. The van der Waals surface area contributed by atoms with Crippen LogP contribution in [0.15, 0.2) is 0 Å². The van der Waals surface area contributed by atoms with Crippen LogP contribution in [0.25, 0.3) is 0 Å². The van der Waals surface area contributed by atoms with Gasteiger partial charge in [-0.1, -0.05) is 0 Å². The lowest BCUT2D eigenvalue weighted by atomic mass is 10.7. The van der Waals surface area contributed by atoms with Gasteiger partial charge in [0.25, 0.3) is 0 Å². The maximum atomic E-state index is 8.41. The van der Waals surface area contributed by atoms with Gasteiger partial charge in [-0.25, -0.2) is 0 Å². The minimum atomic E-state index is -0.125. The molecule has 0 radical (unpaired) electrons. The summed E-state index contributed by atoms with van der Waals surface area (Å²) in [7, 11) is 0. The van der Waals surface area contributed by atoms with E-state index < -0.39 is 0 Å². The van der Waals surface area contributed by atoms with Gasteiger partial charge in [0.15, 0.2) is 0 Å². The summed E-state index contributed by atoms with van der Waals surface area (Å²) in [5, 5.41) is 47.3. The van der Waals surface area contributed by atoms with Crippen molar-refractivity contribution in [2.24, 2.45) is 0 Å². The molecular weight excluding hydrogens is 328 g/mol. The van der Waals surface area contributed by atoms with Crippen molar-refractivity contribution in [2.45, 2.75) is 0 Å². The third-order valence-electron chi connectivity index (χ3n) is 1.79. The van der Waals surface area contributed by atoms with Crippen molar-refractivity contribution in [1.82, 2.24) is 0 Å². The summed E-state index contributed by atoms with van der Waals surface area (Å²) in [5.74, 6) is 0. The van der Waals surface area contributed by atoms with Crippen molar-refractivity contribution >= 4 is 0 Å². The van der Waals surface area contributed by atoms with E-state index in [2.05, 4.69) is 0 Å². The zero-order chi connectivity index (χ0) is 18.7. The van der Waals surface area contributed by atoms with Crippen molar-refractivity contribution < 1.29 is 49.6 Å². The molecule has 150 valence electrons. The number of aliphatic hydroxyl groups excluding tert-OH is 6. The molecule has 6 N–H and O–H groups in total. The Morgan fingerprint density at radius 2 is 0.500 bits per heavy atom. The molecule has 0 saturated carbocycles. The number of hydrogen-bond acceptors (Lipinski definition) is 10. The van der Waals surface area contributed by atoms with Crippen LogP contribution < -0.4 is 0 Å². The Balaban J connectivity index is -0.000000457. The standard InChI is InChI=1S/C10H22O6.2C2H6O2/c11-1-3-13-5-7-15-9-10-16-8-6-14-4-2-12;2*3-1-2-4/h11-12H,1-10H2;2*3-4H,1-2H2. The highest BCUT2D eigenvalue weighted by Crippen LogP contribution is 1.82. The van der Waals surface area contributed by atoms with Gasteiger partial charge in [0, 0.05) is 0 Å². The van der Waals surface area contributed by atoms with Gasteiger partial charge in [0.2, 0.25) is 0 Å². The first-order valence-corrected chi connectivity index (χ1v) is 7.71. The molecule has 0 aromatic rings. The van der Waals surface area contributed by atoms with E-state index in [9.17, 15) is 0 Å². The fourth-order valence-corrected chi connectivity index (χ4v) is 0.891. The molecule has 0 saturated heterocycles. The summed E-state index contributed by atoms with van der Waals surface area (Å²) >= 11 is 0. The molecule has 0 unspecified atom stereocenters. The third-order valence-corrected chi connectivity index (χ3v) is 1.79. The van der Waals surface area contributed by atoms with Crippen LogP contribution in [-0.4, -0.2) is 123 Å². The van der Waals surface area contributed by atoms with Gasteiger partial charge >= 0.3 is 0 Å². The maximum absolute atomic E-state index is 8.41. The van der Waals surface area contributed by atoms with E-state index in [1.54, 1.807) is 0 Å². The molecule has 0 aromatic heterocycles. The Morgan fingerprint density at radius 3 is 0.667 bits per heavy atom. The lowest BCUT2D eigenvalue weighted by Gasteiger charge is -2.06. The lowest BCUT2D eigenvalue weighted by molar-refractivity contribution is -0.00856. The summed E-state index contributed by atoms with van der Waals surface area (Å²) < 4.78 is 20.4. The van der Waals surface area contributed by atoms with Crippen LogP contribution in [0.4, 0.5) is 0 Å². The van der Waals surface area contributed by atoms with Gasteiger partial charge in [0.05, 0.1) is 92.5 Å². The van der Waals surface area contributed by atoms with Gasteiger partial charge in [-0.2, -0.15) is 0 Å². The van der Waals surface area contributed by atoms with Crippen LogP contribution >= 0.6 is 0 Å². The van der Waals surface area contributed by atoms with Crippen molar-refractivity contribution in [3.8, 4) is 0 Å². The van der Waals surface area contributed by atoms with Gasteiger partial charge in [-0.05, 0) is 0 Å². The Hall–Kier alpha value is -0.400. The Bertz CT molecular complexity index is 152. The van der Waals surface area contributed by atoms with Crippen molar-refractivity contribution in [2.75, 3.05) is 92.5 Å². The Labute approximate surface area is 143 Å². The molecule has 0 heterocycles. The van der Waals surface area contributed by atoms with Gasteiger partial charge in [-0.15, -0.1) is 0 Å². The van der Waals surface area contributed by atoms with Crippen molar-refractivity contribution in [3.63, 3.8) is 0 Å². The zero-order valence-electron chi connectivity index (χ0n) is 14.2. The number of hydrogen-bond donors (Lipinski definition) is 6. The summed E-state index contributed by atoms with van der Waals surface area (Å²) in [4.78, 5) is 0. The smallest absolute Gasteiger partial charge is 0.0701 e. The molecule has 24 heavy (non-hydrogen) atoms. The monoisotopic (exact) mass is 362 g/mol. The number of aliphatic hydroxyl groups is 6. The van der Waals surface area contributed by atoms with Crippen LogP contribution in [0.5, 0.6) is 0 Å². The van der Waals surface area contributed by atoms with Crippen molar-refractivity contribution in [1.29, 1.82) is 0 Å². The minimum absolute atomic E-state index is 0.0386. The molecule has 0 aliphatic carbocycles. The first-order valence-electron chi connectivity index (χ1n) is 7.71. The highest BCUT2D eigenvalue weighted by Gasteiger charge is 1.91. The molecule has 0 atom stereocenters. The second kappa shape index (κ2) is 34.0. The highest BCUT2D eigenvalue weighted by molar-refractivity contribution is 4.34. The SMILES string of the molecule is OCCO.OCCO.OCCOCCOCCOCCOCCO. The van der Waals surface area contributed by atoms with Gasteiger partial charge in [-0.3, -0.25) is 0 Å². The summed E-state index contributed by atoms with van der Waals surface area (Å²) in [6, 6.07) is 0. The van der Waals surface area contributed by atoms with Crippen molar-refractivity contribution in [3.05, 3.63) is 0 Å². The largest absolute Gasteiger partial charge is 0.394 e. The number of ether oxygens (including phenoxy) is 4. The molecule has 0 fully saturated rings. The molecule has 0 aliphatic rings. The van der Waals surface area contributed by atoms with E-state index in [0.717, 1.165) is 0 Å². The van der Waals surface area contributed by atoms with E-state index in [4.69, 9.17) is 49.6 Å². The van der Waals surface area contributed by atoms with E-state index in [0.29, 0.717) is 52.9 Å². The molecule has 0 amide bonds. The normalized spacial score (nSPS) is 9.75. The molecular formula is C14H34O10. The molecule has 10 nitrogen and oxygen atoms in total. The molecule has 0 rings (SSSR count). The molecule has 0 aromatic carbocycles. The van der Waals surface area contributed by atoms with E-state index in [1.807, 2.05) is 0 Å². The topological polar surface area (TPSA) is 158 Å². The summed E-state index contributed by atoms with van der Waals surface area (Å²) in [5.41, 5.74) is 0. The van der Waals surface area contributed by atoms with Crippen LogP contribution in [0.2, 0.25) is 0 Å². The maximum Gasteiger partial charge on any atom is 0.0701 e. The average Bonchev–Trinajstić information content (AvgIpc) is 2.63. The summed E-state index contributed by atoms with van der Waals surface area (Å²) in [6.45, 7) is 3.29. The number of rotatable bonds is 15. The van der Waals surface area contributed by atoms with Crippen LogP contribution in [0.3, 0.4) is 0 Å². The highest BCUT2D eigenvalue weighted by atomic mass is 16.6. The average molecular weight is 362 g/mol. The van der Waals surface area contributed by atoms with Crippen LogP contribution in [-0.2, 0) is 18.9 Å². The molecule has 10 heteroatoms. The molecule has 0 bridgehead atoms. The lowest BCUT2D eigenvalue weighted by Crippen LogP contribution is -2.13. The van der Waals surface area contributed by atoms with E-state index in [1.165, 1.54) is 0 Å². The predicted molar refractivity (Wildman–Crippen MR) is 85.8 cm³/mol. The van der Waals surface area contributed by atoms with Crippen LogP contribution in [0, 0.1) is 0 Å². The van der Waals surface area contributed by atoms with Crippen LogP contribution in [0.1, 0.15) is 0 Å². The minimum Gasteiger partial charge on any atom is -0.394 e. The quantitative estimate of drug-likeness (QED) is 0.166. The van der Waals surface area contributed by atoms with Gasteiger partial charge in [0.1, 0.15) is 0 Å².